The van der Waals surface area contributed by atoms with Gasteiger partial charge in [-0.1, -0.05) is 6.92 Å². The molecule has 0 bridgehead atoms. The van der Waals surface area contributed by atoms with Crippen LogP contribution in [0.25, 0.3) is 0 Å². The van der Waals surface area contributed by atoms with Gasteiger partial charge < -0.3 is 20.4 Å². The summed E-state index contributed by atoms with van der Waals surface area (Å²) < 4.78 is 5.41. The summed E-state index contributed by atoms with van der Waals surface area (Å²) in [4.78, 5) is 19.4. The Labute approximate surface area is 113 Å². The van der Waals surface area contributed by atoms with Crippen molar-refractivity contribution >= 4 is 5.91 Å². The lowest BCUT2D eigenvalue weighted by Crippen LogP contribution is -2.44. The highest BCUT2D eigenvalue weighted by molar-refractivity contribution is 5.80. The average Bonchev–Trinajstić information content (AvgIpc) is 3.07. The molecule has 0 aromatic carbocycles. The van der Waals surface area contributed by atoms with Gasteiger partial charge in [0, 0.05) is 18.4 Å². The lowest BCUT2D eigenvalue weighted by molar-refractivity contribution is -0.126. The molecule has 6 heteroatoms. The van der Waals surface area contributed by atoms with Crippen LogP contribution < -0.4 is 10.6 Å². The summed E-state index contributed by atoms with van der Waals surface area (Å²) in [5, 5.41) is 6.34. The number of aromatic amines is 1. The molecule has 1 aromatic rings. The van der Waals surface area contributed by atoms with Gasteiger partial charge in [0.25, 0.3) is 0 Å². The Morgan fingerprint density at radius 2 is 2.47 bits per heavy atom. The number of hydrogen-bond donors (Lipinski definition) is 3. The lowest BCUT2D eigenvalue weighted by atomic mass is 10.0. The highest BCUT2D eigenvalue weighted by atomic mass is 16.5. The first-order valence-electron chi connectivity index (χ1n) is 6.83. The molecule has 19 heavy (non-hydrogen) atoms. The fraction of sp³-hybridized carbons (Fsp3) is 0.692. The number of amides is 1. The second kappa shape index (κ2) is 6.68. The summed E-state index contributed by atoms with van der Waals surface area (Å²) in [6.45, 7) is 6.02. The van der Waals surface area contributed by atoms with Crippen molar-refractivity contribution in [2.75, 3.05) is 19.8 Å². The molecule has 1 saturated heterocycles. The Morgan fingerprint density at radius 1 is 1.63 bits per heavy atom. The molecule has 0 aliphatic carbocycles. The Kier molecular flexibility index (Phi) is 4.93. The number of carbonyl (C=O) groups excluding carboxylic acids is 1. The van der Waals surface area contributed by atoms with Crippen LogP contribution in [0, 0.1) is 5.92 Å². The van der Waals surface area contributed by atoms with Gasteiger partial charge in [0.2, 0.25) is 5.91 Å². The quantitative estimate of drug-likeness (QED) is 0.704. The number of carbonyl (C=O) groups is 1. The molecule has 1 amide bonds. The topological polar surface area (TPSA) is 79.0 Å². The van der Waals surface area contributed by atoms with Crippen molar-refractivity contribution in [3.8, 4) is 0 Å². The van der Waals surface area contributed by atoms with Gasteiger partial charge in [-0.2, -0.15) is 0 Å². The average molecular weight is 266 g/mol. The molecular formula is C13H22N4O2. The van der Waals surface area contributed by atoms with Crippen molar-refractivity contribution in [2.45, 2.75) is 32.4 Å². The minimum atomic E-state index is -0.121. The largest absolute Gasteiger partial charge is 0.379 e. The van der Waals surface area contributed by atoms with Crippen LogP contribution in [-0.4, -0.2) is 41.7 Å². The van der Waals surface area contributed by atoms with E-state index in [-0.39, 0.29) is 23.9 Å². The predicted molar refractivity (Wildman–Crippen MR) is 71.5 cm³/mol. The van der Waals surface area contributed by atoms with Crippen LogP contribution >= 0.6 is 0 Å². The number of hydrogen-bond acceptors (Lipinski definition) is 4. The first-order valence-corrected chi connectivity index (χ1v) is 6.83. The third-order valence-corrected chi connectivity index (χ3v) is 3.36. The van der Waals surface area contributed by atoms with Crippen LogP contribution in [0.5, 0.6) is 0 Å². The molecule has 0 radical (unpaired) electrons. The van der Waals surface area contributed by atoms with E-state index in [9.17, 15) is 4.79 Å². The van der Waals surface area contributed by atoms with Crippen LogP contribution in [0.3, 0.4) is 0 Å². The number of nitrogens with zero attached hydrogens (tertiary/aromatic N) is 1. The van der Waals surface area contributed by atoms with Crippen molar-refractivity contribution < 1.29 is 9.53 Å². The Morgan fingerprint density at radius 3 is 3.16 bits per heavy atom. The summed E-state index contributed by atoms with van der Waals surface area (Å²) in [5.74, 6) is 0.671. The molecule has 2 rings (SSSR count). The summed E-state index contributed by atoms with van der Waals surface area (Å²) in [7, 11) is 0. The molecule has 1 aliphatic heterocycles. The number of ether oxygens (including phenoxy) is 1. The molecule has 2 heterocycles. The number of H-pyrrole nitrogens is 1. The zero-order valence-corrected chi connectivity index (χ0v) is 11.5. The SMILES string of the molecule is CCCNC1COCC1C(=O)NC(C)c1ncc[nH]1. The van der Waals surface area contributed by atoms with Crippen molar-refractivity contribution in [3.05, 3.63) is 18.2 Å². The molecule has 3 unspecified atom stereocenters. The third kappa shape index (κ3) is 3.54. The maximum Gasteiger partial charge on any atom is 0.227 e. The van der Waals surface area contributed by atoms with Gasteiger partial charge in [0.1, 0.15) is 5.82 Å². The van der Waals surface area contributed by atoms with Gasteiger partial charge in [0.05, 0.1) is 25.2 Å². The monoisotopic (exact) mass is 266 g/mol. The normalized spacial score (nSPS) is 24.3. The van der Waals surface area contributed by atoms with E-state index in [4.69, 9.17) is 4.74 Å². The zero-order chi connectivity index (χ0) is 13.7. The second-order valence-corrected chi connectivity index (χ2v) is 4.91. The molecular weight excluding hydrogens is 244 g/mol. The summed E-state index contributed by atoms with van der Waals surface area (Å²) in [6.07, 6.45) is 4.48. The van der Waals surface area contributed by atoms with Crippen LogP contribution in [0.15, 0.2) is 12.4 Å². The number of rotatable bonds is 6. The van der Waals surface area contributed by atoms with Crippen molar-refractivity contribution in [1.82, 2.24) is 20.6 Å². The van der Waals surface area contributed by atoms with E-state index in [2.05, 4.69) is 27.5 Å². The summed E-state index contributed by atoms with van der Waals surface area (Å²) in [5.41, 5.74) is 0. The fourth-order valence-electron chi connectivity index (χ4n) is 2.25. The smallest absolute Gasteiger partial charge is 0.227 e. The molecule has 0 spiro atoms. The fourth-order valence-corrected chi connectivity index (χ4v) is 2.25. The second-order valence-electron chi connectivity index (χ2n) is 4.91. The Bertz CT molecular complexity index is 393. The van der Waals surface area contributed by atoms with Crippen molar-refractivity contribution in [3.63, 3.8) is 0 Å². The zero-order valence-electron chi connectivity index (χ0n) is 11.5. The van der Waals surface area contributed by atoms with Crippen LogP contribution in [-0.2, 0) is 9.53 Å². The molecule has 106 valence electrons. The lowest BCUT2D eigenvalue weighted by Gasteiger charge is -2.20. The minimum absolute atomic E-state index is 0.0232. The van der Waals surface area contributed by atoms with Crippen LogP contribution in [0.1, 0.15) is 32.1 Å². The minimum Gasteiger partial charge on any atom is -0.379 e. The molecule has 1 aromatic heterocycles. The van der Waals surface area contributed by atoms with Gasteiger partial charge in [0.15, 0.2) is 0 Å². The summed E-state index contributed by atoms with van der Waals surface area (Å²) >= 11 is 0. The molecule has 3 atom stereocenters. The number of imidazole rings is 1. The highest BCUT2D eigenvalue weighted by Gasteiger charge is 2.34. The maximum absolute atomic E-state index is 12.3. The van der Waals surface area contributed by atoms with E-state index in [1.807, 2.05) is 6.92 Å². The van der Waals surface area contributed by atoms with Gasteiger partial charge >= 0.3 is 0 Å². The molecule has 3 N–H and O–H groups in total. The third-order valence-electron chi connectivity index (χ3n) is 3.36. The first-order chi connectivity index (χ1) is 9.22. The highest BCUT2D eigenvalue weighted by Crippen LogP contribution is 2.16. The number of aromatic nitrogens is 2. The molecule has 0 saturated carbocycles. The van der Waals surface area contributed by atoms with Gasteiger partial charge in [-0.25, -0.2) is 4.98 Å². The molecule has 6 nitrogen and oxygen atoms in total. The van der Waals surface area contributed by atoms with Crippen molar-refractivity contribution in [1.29, 1.82) is 0 Å². The Balaban J connectivity index is 1.88. The van der Waals surface area contributed by atoms with Crippen LogP contribution in [0.2, 0.25) is 0 Å². The van der Waals surface area contributed by atoms with E-state index in [0.29, 0.717) is 13.2 Å². The van der Waals surface area contributed by atoms with Crippen LogP contribution in [0.4, 0.5) is 0 Å². The van der Waals surface area contributed by atoms with Gasteiger partial charge in [-0.05, 0) is 19.9 Å². The van der Waals surface area contributed by atoms with E-state index >= 15 is 0 Å². The van der Waals surface area contributed by atoms with Gasteiger partial charge in [-0.15, -0.1) is 0 Å². The van der Waals surface area contributed by atoms with E-state index in [0.717, 1.165) is 18.8 Å². The maximum atomic E-state index is 12.3. The van der Waals surface area contributed by atoms with E-state index < -0.39 is 0 Å². The molecule has 1 fully saturated rings. The Hall–Kier alpha value is -1.40. The van der Waals surface area contributed by atoms with E-state index in [1.165, 1.54) is 0 Å². The number of nitrogens with one attached hydrogen (secondary N) is 3. The standard InChI is InChI=1S/C13H22N4O2/c1-3-4-14-11-8-19-7-10(11)13(18)17-9(2)12-15-5-6-16-12/h5-6,9-11,14H,3-4,7-8H2,1-2H3,(H,15,16)(H,17,18). The van der Waals surface area contributed by atoms with Gasteiger partial charge in [-0.3, -0.25) is 4.79 Å². The molecule has 1 aliphatic rings. The first kappa shape index (κ1) is 14.0. The summed E-state index contributed by atoms with van der Waals surface area (Å²) in [6, 6.07) is -0.00123. The predicted octanol–water partition coefficient (Wildman–Crippen LogP) is 0.602. The van der Waals surface area contributed by atoms with E-state index in [1.54, 1.807) is 12.4 Å². The van der Waals surface area contributed by atoms with Crippen molar-refractivity contribution in [2.24, 2.45) is 5.92 Å².